The van der Waals surface area contributed by atoms with Gasteiger partial charge >= 0.3 is 0 Å². The molecule has 0 aliphatic carbocycles. The second kappa shape index (κ2) is 5.75. The first kappa shape index (κ1) is 12.0. The van der Waals surface area contributed by atoms with Crippen molar-refractivity contribution in [3.05, 3.63) is 16.6 Å². The minimum absolute atomic E-state index is 0.494. The van der Waals surface area contributed by atoms with Gasteiger partial charge in [0.2, 0.25) is 0 Å². The van der Waals surface area contributed by atoms with Gasteiger partial charge in [-0.1, -0.05) is 6.92 Å². The molecule has 1 aliphatic heterocycles. The molecule has 2 N–H and O–H groups in total. The molecule has 2 heterocycles. The van der Waals surface area contributed by atoms with Gasteiger partial charge in [-0.25, -0.2) is 4.98 Å². The lowest BCUT2D eigenvalue weighted by molar-refractivity contribution is 0.221. The quantitative estimate of drug-likeness (QED) is 0.767. The van der Waals surface area contributed by atoms with E-state index in [0.29, 0.717) is 5.41 Å². The van der Waals surface area contributed by atoms with E-state index in [1.807, 2.05) is 11.6 Å². The smallest absolute Gasteiger partial charge is 0.0937 e. The third-order valence-corrected chi connectivity index (χ3v) is 4.20. The van der Waals surface area contributed by atoms with E-state index in [9.17, 15) is 0 Å². The second-order valence-corrected chi connectivity index (χ2v) is 5.89. The lowest BCUT2D eigenvalue weighted by atomic mass is 9.81. The van der Waals surface area contributed by atoms with Gasteiger partial charge in [-0.05, 0) is 31.3 Å². The normalized spacial score (nSPS) is 19.8. The Balaban J connectivity index is 1.63. The number of hydrogen-bond donors (Lipinski definition) is 2. The second-order valence-electron chi connectivity index (χ2n) is 4.91. The van der Waals surface area contributed by atoms with Crippen LogP contribution in [0.1, 0.15) is 24.8 Å². The third-order valence-electron chi connectivity index (χ3n) is 3.36. The summed E-state index contributed by atoms with van der Waals surface area (Å²) in [6, 6.07) is 0. The molecule has 16 heavy (non-hydrogen) atoms. The van der Waals surface area contributed by atoms with Crippen molar-refractivity contribution in [2.45, 2.75) is 26.2 Å². The van der Waals surface area contributed by atoms with Crippen molar-refractivity contribution in [1.82, 2.24) is 15.6 Å². The molecule has 1 aromatic heterocycles. The lowest BCUT2D eigenvalue weighted by Gasteiger charge is -2.34. The minimum atomic E-state index is 0.494. The first-order valence-corrected chi connectivity index (χ1v) is 6.96. The predicted molar refractivity (Wildman–Crippen MR) is 68.9 cm³/mol. The van der Waals surface area contributed by atoms with E-state index in [1.165, 1.54) is 30.9 Å². The highest BCUT2D eigenvalue weighted by molar-refractivity contribution is 7.09. The summed E-state index contributed by atoms with van der Waals surface area (Å²) in [6.45, 7) is 6.93. The summed E-state index contributed by atoms with van der Waals surface area (Å²) in [7, 11) is 0. The molecule has 0 saturated carbocycles. The molecule has 0 amide bonds. The van der Waals surface area contributed by atoms with Crippen LogP contribution in [0.25, 0.3) is 0 Å². The van der Waals surface area contributed by atoms with Crippen molar-refractivity contribution in [2.75, 3.05) is 26.2 Å². The van der Waals surface area contributed by atoms with Crippen LogP contribution in [0.15, 0.2) is 11.6 Å². The molecular weight excluding hydrogens is 218 g/mol. The van der Waals surface area contributed by atoms with Crippen LogP contribution in [0.4, 0.5) is 0 Å². The highest BCUT2D eigenvalue weighted by Gasteiger charge is 2.25. The molecule has 90 valence electrons. The van der Waals surface area contributed by atoms with Gasteiger partial charge in [0.05, 0.1) is 5.01 Å². The van der Waals surface area contributed by atoms with Crippen LogP contribution >= 0.6 is 11.3 Å². The average molecular weight is 239 g/mol. The average Bonchev–Trinajstić information content (AvgIpc) is 2.78. The van der Waals surface area contributed by atoms with Gasteiger partial charge in [-0.2, -0.15) is 0 Å². The molecule has 0 bridgehead atoms. The number of nitrogens with one attached hydrogen (secondary N) is 2. The van der Waals surface area contributed by atoms with Gasteiger partial charge in [0.1, 0.15) is 0 Å². The van der Waals surface area contributed by atoms with Crippen LogP contribution in [0.2, 0.25) is 0 Å². The Morgan fingerprint density at radius 1 is 1.50 bits per heavy atom. The maximum Gasteiger partial charge on any atom is 0.0937 e. The Bertz CT molecular complexity index is 291. The minimum Gasteiger partial charge on any atom is -0.317 e. The Morgan fingerprint density at radius 2 is 2.31 bits per heavy atom. The summed E-state index contributed by atoms with van der Waals surface area (Å²) < 4.78 is 0. The maximum absolute atomic E-state index is 4.29. The van der Waals surface area contributed by atoms with Crippen molar-refractivity contribution >= 4 is 11.3 Å². The monoisotopic (exact) mass is 239 g/mol. The maximum atomic E-state index is 4.29. The molecule has 0 aromatic carbocycles. The number of rotatable bonds is 5. The molecule has 0 atom stereocenters. The van der Waals surface area contributed by atoms with Crippen LogP contribution in [-0.4, -0.2) is 31.2 Å². The molecule has 1 fully saturated rings. The van der Waals surface area contributed by atoms with Crippen molar-refractivity contribution in [2.24, 2.45) is 5.41 Å². The largest absolute Gasteiger partial charge is 0.317 e. The van der Waals surface area contributed by atoms with Crippen LogP contribution in [0.5, 0.6) is 0 Å². The van der Waals surface area contributed by atoms with Crippen LogP contribution in [0, 0.1) is 5.41 Å². The third kappa shape index (κ3) is 3.54. The van der Waals surface area contributed by atoms with Crippen LogP contribution in [0.3, 0.4) is 0 Å². The van der Waals surface area contributed by atoms with Crippen molar-refractivity contribution in [1.29, 1.82) is 0 Å². The summed E-state index contributed by atoms with van der Waals surface area (Å²) >= 11 is 1.75. The van der Waals surface area contributed by atoms with Crippen LogP contribution < -0.4 is 10.6 Å². The predicted octanol–water partition coefficient (Wildman–Crippen LogP) is 1.66. The molecule has 4 heteroatoms. The van der Waals surface area contributed by atoms with E-state index < -0.39 is 0 Å². The van der Waals surface area contributed by atoms with E-state index in [4.69, 9.17) is 0 Å². The standard InChI is InChI=1S/C12H21N3S/c1-12(3-6-13-7-4-12)10-14-5-2-11-15-8-9-16-11/h8-9,13-14H,2-7,10H2,1H3. The summed E-state index contributed by atoms with van der Waals surface area (Å²) in [5, 5.41) is 10.3. The first-order chi connectivity index (χ1) is 7.79. The Labute approximate surface area is 102 Å². The SMILES string of the molecule is CC1(CNCCc2nccs2)CCNCC1. The lowest BCUT2D eigenvalue weighted by Crippen LogP contribution is -2.41. The first-order valence-electron chi connectivity index (χ1n) is 6.08. The molecule has 2 rings (SSSR count). The van der Waals surface area contributed by atoms with Gasteiger partial charge in [0, 0.05) is 31.1 Å². The zero-order valence-corrected chi connectivity index (χ0v) is 10.8. The summed E-state index contributed by atoms with van der Waals surface area (Å²) in [5.41, 5.74) is 0.494. The van der Waals surface area contributed by atoms with E-state index >= 15 is 0 Å². The van der Waals surface area contributed by atoms with E-state index in [-0.39, 0.29) is 0 Å². The van der Waals surface area contributed by atoms with E-state index in [2.05, 4.69) is 22.5 Å². The number of thiazole rings is 1. The Hall–Kier alpha value is -0.450. The van der Waals surface area contributed by atoms with Gasteiger partial charge < -0.3 is 10.6 Å². The van der Waals surface area contributed by atoms with Gasteiger partial charge in [0.15, 0.2) is 0 Å². The summed E-state index contributed by atoms with van der Waals surface area (Å²) in [5.74, 6) is 0. The fourth-order valence-corrected chi connectivity index (χ4v) is 2.79. The number of hydrogen-bond acceptors (Lipinski definition) is 4. The molecular formula is C12H21N3S. The topological polar surface area (TPSA) is 37.0 Å². The highest BCUT2D eigenvalue weighted by Crippen LogP contribution is 2.26. The number of nitrogens with zero attached hydrogens (tertiary/aromatic N) is 1. The fraction of sp³-hybridized carbons (Fsp3) is 0.750. The van der Waals surface area contributed by atoms with Gasteiger partial charge in [0.25, 0.3) is 0 Å². The van der Waals surface area contributed by atoms with E-state index in [0.717, 1.165) is 19.5 Å². The number of piperidine rings is 1. The highest BCUT2D eigenvalue weighted by atomic mass is 32.1. The zero-order chi connectivity index (χ0) is 11.3. The van der Waals surface area contributed by atoms with Crippen molar-refractivity contribution in [3.63, 3.8) is 0 Å². The number of aromatic nitrogens is 1. The molecule has 1 saturated heterocycles. The molecule has 3 nitrogen and oxygen atoms in total. The molecule has 0 spiro atoms. The zero-order valence-electron chi connectivity index (χ0n) is 9.96. The van der Waals surface area contributed by atoms with Gasteiger partial charge in [-0.15, -0.1) is 11.3 Å². The molecule has 0 unspecified atom stereocenters. The summed E-state index contributed by atoms with van der Waals surface area (Å²) in [4.78, 5) is 4.29. The van der Waals surface area contributed by atoms with Crippen molar-refractivity contribution in [3.8, 4) is 0 Å². The van der Waals surface area contributed by atoms with Crippen LogP contribution in [-0.2, 0) is 6.42 Å². The Kier molecular flexibility index (Phi) is 4.32. The Morgan fingerprint density at radius 3 is 3.00 bits per heavy atom. The molecule has 1 aliphatic rings. The van der Waals surface area contributed by atoms with E-state index in [1.54, 1.807) is 11.3 Å². The summed E-state index contributed by atoms with van der Waals surface area (Å²) in [6.07, 6.45) is 5.52. The molecule has 0 radical (unpaired) electrons. The van der Waals surface area contributed by atoms with Gasteiger partial charge in [-0.3, -0.25) is 0 Å². The van der Waals surface area contributed by atoms with Crippen molar-refractivity contribution < 1.29 is 0 Å². The molecule has 1 aromatic rings. The fourth-order valence-electron chi connectivity index (χ4n) is 2.17.